The third-order valence-electron chi connectivity index (χ3n) is 4.52. The Morgan fingerprint density at radius 3 is 2.34 bits per heavy atom. The number of esters is 1. The highest BCUT2D eigenvalue weighted by molar-refractivity contribution is 6.30. The zero-order valence-electron chi connectivity index (χ0n) is 15.7. The van der Waals surface area contributed by atoms with Gasteiger partial charge in [0.05, 0.1) is 12.5 Å². The number of nitrogens with zero attached hydrogens (tertiary/aromatic N) is 1. The number of aryl methyl sites for hydroxylation is 1. The molecule has 2 aromatic carbocycles. The van der Waals surface area contributed by atoms with Crippen molar-refractivity contribution in [3.05, 3.63) is 70.2 Å². The lowest BCUT2D eigenvalue weighted by atomic mass is 10.1. The van der Waals surface area contributed by atoms with E-state index < -0.39 is 30.3 Å². The first kappa shape index (κ1) is 20.5. The summed E-state index contributed by atoms with van der Waals surface area (Å²) in [5.41, 5.74) is 4.29. The normalized spacial score (nSPS) is 15.9. The van der Waals surface area contributed by atoms with Crippen molar-refractivity contribution in [1.82, 2.24) is 10.4 Å². The molecule has 0 aromatic heterocycles. The maximum atomic E-state index is 12.3. The van der Waals surface area contributed by atoms with Crippen LogP contribution in [0, 0.1) is 12.8 Å². The average molecular weight is 415 g/mol. The summed E-state index contributed by atoms with van der Waals surface area (Å²) in [6.07, 6.45) is -0.0951. The molecular formula is C21H19ClN2O5. The van der Waals surface area contributed by atoms with Gasteiger partial charge in [-0.3, -0.25) is 29.6 Å². The van der Waals surface area contributed by atoms with E-state index in [0.29, 0.717) is 16.1 Å². The monoisotopic (exact) mass is 414 g/mol. The molecule has 3 rings (SSSR count). The van der Waals surface area contributed by atoms with Crippen molar-refractivity contribution in [2.45, 2.75) is 13.3 Å². The predicted octanol–water partition coefficient (Wildman–Crippen LogP) is 2.57. The van der Waals surface area contributed by atoms with E-state index in [1.54, 1.807) is 48.5 Å². The number of nitrogens with one attached hydrogen (secondary N) is 1. The van der Waals surface area contributed by atoms with Gasteiger partial charge in [-0.25, -0.2) is 0 Å². The summed E-state index contributed by atoms with van der Waals surface area (Å²) < 4.78 is 5.06. The van der Waals surface area contributed by atoms with Gasteiger partial charge in [-0.05, 0) is 43.3 Å². The maximum absolute atomic E-state index is 12.3. The number of carbonyl (C=O) groups is 4. The summed E-state index contributed by atoms with van der Waals surface area (Å²) in [4.78, 5) is 48.7. The first-order valence-corrected chi connectivity index (χ1v) is 9.34. The van der Waals surface area contributed by atoms with Crippen LogP contribution in [0.5, 0.6) is 0 Å². The minimum atomic E-state index is -0.751. The molecule has 0 saturated carbocycles. The van der Waals surface area contributed by atoms with E-state index in [0.717, 1.165) is 10.6 Å². The summed E-state index contributed by atoms with van der Waals surface area (Å²) in [5, 5.41) is 1.60. The number of rotatable bonds is 6. The fourth-order valence-electron chi connectivity index (χ4n) is 2.84. The van der Waals surface area contributed by atoms with Crippen molar-refractivity contribution in [2.24, 2.45) is 5.92 Å². The third-order valence-corrected chi connectivity index (χ3v) is 4.77. The lowest BCUT2D eigenvalue weighted by Crippen LogP contribution is -2.43. The van der Waals surface area contributed by atoms with Crippen LogP contribution in [0.1, 0.15) is 32.7 Å². The molecule has 1 N–H and O–H groups in total. The van der Waals surface area contributed by atoms with E-state index in [4.69, 9.17) is 16.3 Å². The standard InChI is InChI=1S/C21H19ClN2O5/c1-13-2-4-15(5-3-13)20(27)23-24-11-16(10-19(24)26)21(28)29-12-18(25)14-6-8-17(22)9-7-14/h2-9,16H,10-12H2,1H3,(H,23,27). The molecule has 29 heavy (non-hydrogen) atoms. The number of benzene rings is 2. The van der Waals surface area contributed by atoms with Gasteiger partial charge < -0.3 is 4.74 Å². The van der Waals surface area contributed by atoms with Crippen LogP contribution >= 0.6 is 11.6 Å². The largest absolute Gasteiger partial charge is 0.457 e. The Labute approximate surface area is 172 Å². The molecule has 2 amide bonds. The van der Waals surface area contributed by atoms with Crippen molar-refractivity contribution < 1.29 is 23.9 Å². The number of hydrogen-bond acceptors (Lipinski definition) is 5. The van der Waals surface area contributed by atoms with Gasteiger partial charge in [0.25, 0.3) is 5.91 Å². The highest BCUT2D eigenvalue weighted by Crippen LogP contribution is 2.18. The van der Waals surface area contributed by atoms with Crippen LogP contribution in [0.4, 0.5) is 0 Å². The molecule has 0 radical (unpaired) electrons. The van der Waals surface area contributed by atoms with Gasteiger partial charge in [0.2, 0.25) is 5.91 Å². The van der Waals surface area contributed by atoms with E-state index in [-0.39, 0.29) is 18.7 Å². The lowest BCUT2D eigenvalue weighted by Gasteiger charge is -2.17. The van der Waals surface area contributed by atoms with Gasteiger partial charge >= 0.3 is 5.97 Å². The molecule has 150 valence electrons. The molecule has 1 unspecified atom stereocenters. The smallest absolute Gasteiger partial charge is 0.311 e. The summed E-state index contributed by atoms with van der Waals surface area (Å²) in [5.74, 6) is -2.61. The van der Waals surface area contributed by atoms with E-state index >= 15 is 0 Å². The Bertz CT molecular complexity index is 941. The van der Waals surface area contributed by atoms with Gasteiger partial charge in [-0.1, -0.05) is 29.3 Å². The van der Waals surface area contributed by atoms with E-state index in [1.807, 2.05) is 6.92 Å². The van der Waals surface area contributed by atoms with E-state index in [1.165, 1.54) is 0 Å². The first-order valence-electron chi connectivity index (χ1n) is 8.97. The van der Waals surface area contributed by atoms with Crippen LogP contribution in [-0.4, -0.2) is 41.7 Å². The topological polar surface area (TPSA) is 92.8 Å². The van der Waals surface area contributed by atoms with E-state index in [2.05, 4.69) is 5.43 Å². The Morgan fingerprint density at radius 2 is 1.69 bits per heavy atom. The second kappa shape index (κ2) is 8.87. The quantitative estimate of drug-likeness (QED) is 0.579. The van der Waals surface area contributed by atoms with Gasteiger partial charge in [0, 0.05) is 22.6 Å². The molecule has 7 nitrogen and oxygen atoms in total. The second-order valence-corrected chi connectivity index (χ2v) is 7.19. The Morgan fingerprint density at radius 1 is 1.07 bits per heavy atom. The molecular weight excluding hydrogens is 396 g/mol. The first-order chi connectivity index (χ1) is 13.8. The zero-order valence-corrected chi connectivity index (χ0v) is 16.4. The molecule has 1 aliphatic rings. The van der Waals surface area contributed by atoms with Crippen LogP contribution in [0.25, 0.3) is 0 Å². The number of ketones is 1. The summed E-state index contributed by atoms with van der Waals surface area (Å²) in [6, 6.07) is 13.1. The Kier molecular flexibility index (Phi) is 6.29. The highest BCUT2D eigenvalue weighted by atomic mass is 35.5. The van der Waals surface area contributed by atoms with Gasteiger partial charge in [-0.2, -0.15) is 0 Å². The van der Waals surface area contributed by atoms with Crippen LogP contribution in [0.3, 0.4) is 0 Å². The molecule has 1 saturated heterocycles. The fourth-order valence-corrected chi connectivity index (χ4v) is 2.97. The van der Waals surface area contributed by atoms with Crippen molar-refractivity contribution in [1.29, 1.82) is 0 Å². The van der Waals surface area contributed by atoms with Crippen LogP contribution in [0.2, 0.25) is 5.02 Å². The van der Waals surface area contributed by atoms with Crippen LogP contribution in [-0.2, 0) is 14.3 Å². The fraction of sp³-hybridized carbons (Fsp3) is 0.238. The number of carbonyl (C=O) groups excluding carboxylic acids is 4. The summed E-state index contributed by atoms with van der Waals surface area (Å²) >= 11 is 5.78. The van der Waals surface area contributed by atoms with Crippen molar-refractivity contribution in [3.63, 3.8) is 0 Å². The minimum absolute atomic E-state index is 0.00952. The number of hydrazine groups is 1. The Hall–Kier alpha value is -3.19. The molecule has 1 heterocycles. The SMILES string of the molecule is Cc1ccc(C(=O)NN2CC(C(=O)OCC(=O)c3ccc(Cl)cc3)CC2=O)cc1. The molecule has 1 aliphatic heterocycles. The molecule has 0 bridgehead atoms. The number of amides is 2. The van der Waals surface area contributed by atoms with Gasteiger partial charge in [-0.15, -0.1) is 0 Å². The van der Waals surface area contributed by atoms with Crippen LogP contribution < -0.4 is 5.43 Å². The highest BCUT2D eigenvalue weighted by Gasteiger charge is 2.36. The van der Waals surface area contributed by atoms with Gasteiger partial charge in [0.1, 0.15) is 0 Å². The molecule has 0 aliphatic carbocycles. The third kappa shape index (κ3) is 5.20. The van der Waals surface area contributed by atoms with Crippen molar-refractivity contribution >= 4 is 35.2 Å². The zero-order chi connectivity index (χ0) is 21.0. The summed E-state index contributed by atoms with van der Waals surface area (Å²) in [7, 11) is 0. The number of ether oxygens (including phenoxy) is 1. The maximum Gasteiger partial charge on any atom is 0.311 e. The Balaban J connectivity index is 1.51. The predicted molar refractivity (Wildman–Crippen MR) is 105 cm³/mol. The lowest BCUT2D eigenvalue weighted by molar-refractivity contribution is -0.147. The molecule has 0 spiro atoms. The second-order valence-electron chi connectivity index (χ2n) is 6.75. The number of Topliss-reactive ketones (excluding diaryl/α,β-unsaturated/α-hetero) is 1. The van der Waals surface area contributed by atoms with Crippen LogP contribution in [0.15, 0.2) is 48.5 Å². The van der Waals surface area contributed by atoms with Crippen molar-refractivity contribution in [2.75, 3.05) is 13.2 Å². The molecule has 1 atom stereocenters. The van der Waals surface area contributed by atoms with Crippen molar-refractivity contribution in [3.8, 4) is 0 Å². The van der Waals surface area contributed by atoms with Gasteiger partial charge in [0.15, 0.2) is 12.4 Å². The number of halogens is 1. The molecule has 2 aromatic rings. The molecule has 1 fully saturated rings. The molecule has 8 heteroatoms. The number of hydrogen-bond donors (Lipinski definition) is 1. The van der Waals surface area contributed by atoms with E-state index in [9.17, 15) is 19.2 Å². The summed E-state index contributed by atoms with van der Waals surface area (Å²) in [6.45, 7) is 1.46. The minimum Gasteiger partial charge on any atom is -0.457 e. The average Bonchev–Trinajstić information content (AvgIpc) is 3.07.